The van der Waals surface area contributed by atoms with E-state index in [2.05, 4.69) is 126 Å². The van der Waals surface area contributed by atoms with Gasteiger partial charge < -0.3 is 0 Å². The number of halogens is 1. The second kappa shape index (κ2) is 8.55. The van der Waals surface area contributed by atoms with Gasteiger partial charge in [0, 0.05) is 0 Å². The Morgan fingerprint density at radius 3 is 1.44 bits per heavy atom. The van der Waals surface area contributed by atoms with Crippen LogP contribution in [0.3, 0.4) is 0 Å². The molecular formula is C25H28BrP. The van der Waals surface area contributed by atoms with Crippen LogP contribution in [0.15, 0.2) is 103 Å². The molecule has 0 radical (unpaired) electrons. The van der Waals surface area contributed by atoms with Crippen LogP contribution in [0, 0.1) is 0 Å². The topological polar surface area (TPSA) is 0 Å². The van der Waals surface area contributed by atoms with Crippen LogP contribution in [0.1, 0.15) is 26.7 Å². The van der Waals surface area contributed by atoms with Crippen LogP contribution in [0.2, 0.25) is 0 Å². The van der Waals surface area contributed by atoms with E-state index in [1.54, 1.807) is 0 Å². The van der Waals surface area contributed by atoms with Crippen LogP contribution in [0.4, 0.5) is 0 Å². The van der Waals surface area contributed by atoms with E-state index in [1.807, 2.05) is 0 Å². The summed E-state index contributed by atoms with van der Waals surface area (Å²) in [5.41, 5.74) is 1.45. The first kappa shape index (κ1) is 20.1. The molecule has 3 aromatic carbocycles. The summed E-state index contributed by atoms with van der Waals surface area (Å²) >= 11 is 4.50. The Labute approximate surface area is 172 Å². The maximum absolute atomic E-state index is 4.50. The standard InChI is InChI=1S/C25H28BrP/c1-3-4-14-22(2)21-27(26,23-15-8-5-9-16-23,24-17-10-6-11-18-24)25-19-12-7-13-20-25/h5-20H,3-4,21H2,1-2H3/b22-14+. The molecule has 0 aliphatic heterocycles. The predicted octanol–water partition coefficient (Wildman–Crippen LogP) is 6.57. The normalized spacial score (nSPS) is 13.7. The summed E-state index contributed by atoms with van der Waals surface area (Å²) in [5.74, 6) is 0. The quantitative estimate of drug-likeness (QED) is 0.289. The van der Waals surface area contributed by atoms with Gasteiger partial charge in [0.05, 0.1) is 0 Å². The molecule has 2 heteroatoms. The number of hydrogen-bond donors (Lipinski definition) is 0. The molecule has 0 nitrogen and oxygen atoms in total. The molecule has 0 unspecified atom stereocenters. The molecule has 27 heavy (non-hydrogen) atoms. The number of hydrogen-bond acceptors (Lipinski definition) is 0. The van der Waals surface area contributed by atoms with Gasteiger partial charge in [-0.25, -0.2) is 0 Å². The first-order valence-electron chi connectivity index (χ1n) is 9.65. The van der Waals surface area contributed by atoms with Crippen LogP contribution in [0.5, 0.6) is 0 Å². The van der Waals surface area contributed by atoms with Crippen molar-refractivity contribution in [3.63, 3.8) is 0 Å². The molecule has 3 rings (SSSR count). The molecular weight excluding hydrogens is 411 g/mol. The van der Waals surface area contributed by atoms with Gasteiger partial charge in [-0.15, -0.1) is 0 Å². The van der Waals surface area contributed by atoms with Crippen molar-refractivity contribution in [1.29, 1.82) is 0 Å². The Hall–Kier alpha value is -1.69. The van der Waals surface area contributed by atoms with Gasteiger partial charge in [-0.05, 0) is 0 Å². The molecule has 0 saturated heterocycles. The Morgan fingerprint density at radius 1 is 0.741 bits per heavy atom. The van der Waals surface area contributed by atoms with Crippen molar-refractivity contribution in [2.24, 2.45) is 0 Å². The molecule has 0 atom stereocenters. The number of rotatable bonds is 7. The zero-order chi connectivity index (χ0) is 19.2. The van der Waals surface area contributed by atoms with E-state index in [4.69, 9.17) is 0 Å². The average Bonchev–Trinajstić information content (AvgIpc) is 2.74. The summed E-state index contributed by atoms with van der Waals surface area (Å²) in [6, 6.07) is 33.0. The summed E-state index contributed by atoms with van der Waals surface area (Å²) in [6.07, 6.45) is 5.72. The van der Waals surface area contributed by atoms with Crippen molar-refractivity contribution in [3.05, 3.63) is 103 Å². The van der Waals surface area contributed by atoms with E-state index in [-0.39, 0.29) is 0 Å². The molecule has 0 fully saturated rings. The van der Waals surface area contributed by atoms with E-state index in [9.17, 15) is 0 Å². The van der Waals surface area contributed by atoms with Gasteiger partial charge in [0.25, 0.3) is 0 Å². The predicted molar refractivity (Wildman–Crippen MR) is 128 cm³/mol. The zero-order valence-corrected chi connectivity index (χ0v) is 18.7. The van der Waals surface area contributed by atoms with Gasteiger partial charge in [0.15, 0.2) is 0 Å². The second-order valence-corrected chi connectivity index (χ2v) is 16.1. The molecule has 3 aromatic rings. The van der Waals surface area contributed by atoms with Gasteiger partial charge in [-0.2, -0.15) is 0 Å². The zero-order valence-electron chi connectivity index (χ0n) is 16.2. The van der Waals surface area contributed by atoms with Crippen molar-refractivity contribution < 1.29 is 0 Å². The van der Waals surface area contributed by atoms with Crippen LogP contribution >= 0.6 is 20.8 Å². The SMILES string of the molecule is CCC/C=C(\C)CP(Br)(c1ccccc1)(c1ccccc1)c1ccccc1. The first-order valence-corrected chi connectivity index (χ1v) is 14.1. The fourth-order valence-electron chi connectivity index (χ4n) is 3.86. The molecule has 0 aromatic heterocycles. The molecule has 0 bridgehead atoms. The van der Waals surface area contributed by atoms with Gasteiger partial charge in [0.1, 0.15) is 0 Å². The van der Waals surface area contributed by atoms with Crippen LogP contribution < -0.4 is 15.9 Å². The number of unbranched alkanes of at least 4 members (excludes halogenated alkanes) is 1. The van der Waals surface area contributed by atoms with Crippen LogP contribution in [0.25, 0.3) is 0 Å². The summed E-state index contributed by atoms with van der Waals surface area (Å²) in [7, 11) is 0. The Morgan fingerprint density at radius 2 is 1.11 bits per heavy atom. The molecule has 0 heterocycles. The maximum atomic E-state index is 4.50. The molecule has 0 aliphatic rings. The second-order valence-electron chi connectivity index (χ2n) is 7.19. The first-order chi connectivity index (χ1) is 13.1. The average molecular weight is 439 g/mol. The minimum absolute atomic E-state index is 1.00. The van der Waals surface area contributed by atoms with E-state index in [1.165, 1.54) is 27.9 Å². The van der Waals surface area contributed by atoms with Crippen molar-refractivity contribution in [3.8, 4) is 0 Å². The summed E-state index contributed by atoms with van der Waals surface area (Å²) in [4.78, 5) is 0. The Bertz CT molecular complexity index is 786. The number of allylic oxidation sites excluding steroid dienone is 2. The molecule has 0 spiro atoms. The molecule has 0 aliphatic carbocycles. The third-order valence-corrected chi connectivity index (χ3v) is 14.9. The molecule has 140 valence electrons. The summed E-state index contributed by atoms with van der Waals surface area (Å²) in [5, 5.41) is 1.33. The summed E-state index contributed by atoms with van der Waals surface area (Å²) < 4.78 is 0. The van der Waals surface area contributed by atoms with E-state index >= 15 is 0 Å². The van der Waals surface area contributed by atoms with E-state index in [0.717, 1.165) is 12.6 Å². The van der Waals surface area contributed by atoms with Crippen molar-refractivity contribution in [1.82, 2.24) is 0 Å². The van der Waals surface area contributed by atoms with Gasteiger partial charge >= 0.3 is 172 Å². The van der Waals surface area contributed by atoms with Gasteiger partial charge in [-0.1, -0.05) is 0 Å². The van der Waals surface area contributed by atoms with Gasteiger partial charge in [-0.3, -0.25) is 0 Å². The fourth-order valence-corrected chi connectivity index (χ4v) is 12.1. The number of benzene rings is 3. The Balaban J connectivity index is 2.36. The van der Waals surface area contributed by atoms with Crippen LogP contribution in [-0.4, -0.2) is 6.16 Å². The van der Waals surface area contributed by atoms with E-state index < -0.39 is 5.31 Å². The molecule has 0 amide bonds. The monoisotopic (exact) mass is 438 g/mol. The third-order valence-electron chi connectivity index (χ3n) is 5.21. The van der Waals surface area contributed by atoms with Crippen molar-refractivity contribution >= 4 is 36.7 Å². The van der Waals surface area contributed by atoms with Crippen LogP contribution in [-0.2, 0) is 0 Å². The molecule has 0 N–H and O–H groups in total. The van der Waals surface area contributed by atoms with E-state index in [0.29, 0.717) is 0 Å². The minimum atomic E-state index is -2.81. The van der Waals surface area contributed by atoms with Crippen molar-refractivity contribution in [2.75, 3.05) is 6.16 Å². The summed E-state index contributed by atoms with van der Waals surface area (Å²) in [6.45, 7) is 4.52. The van der Waals surface area contributed by atoms with Gasteiger partial charge in [0.2, 0.25) is 0 Å². The third kappa shape index (κ3) is 3.82. The fraction of sp³-hybridized carbons (Fsp3) is 0.200. The Kier molecular flexibility index (Phi) is 6.35. The molecule has 0 saturated carbocycles. The van der Waals surface area contributed by atoms with Crippen molar-refractivity contribution in [2.45, 2.75) is 26.7 Å².